The van der Waals surface area contributed by atoms with Gasteiger partial charge in [0.05, 0.1) is 6.61 Å². The number of hydrogen-bond acceptors (Lipinski definition) is 2. The average Bonchev–Trinajstić information content (AvgIpc) is 2.54. The predicted molar refractivity (Wildman–Crippen MR) is 85.2 cm³/mol. The fourth-order valence-electron chi connectivity index (χ4n) is 1.84. The number of nitrogens with one attached hydrogen (secondary N) is 1. The van der Waals surface area contributed by atoms with E-state index < -0.39 is 0 Å². The number of benzene rings is 2. The van der Waals surface area contributed by atoms with Gasteiger partial charge >= 0.3 is 0 Å². The van der Waals surface area contributed by atoms with Gasteiger partial charge in [-0.3, -0.25) is 4.79 Å². The largest absolute Gasteiger partial charge is 0.494 e. The van der Waals surface area contributed by atoms with Crippen LogP contribution < -0.4 is 10.1 Å². The fraction of sp³-hybridized carbons (Fsp3) is 0.167. The monoisotopic (exact) mass is 281 g/mol. The summed E-state index contributed by atoms with van der Waals surface area (Å²) >= 11 is 0. The van der Waals surface area contributed by atoms with Crippen LogP contribution in [0, 0.1) is 0 Å². The smallest absolute Gasteiger partial charge is 0.255 e. The first kappa shape index (κ1) is 14.9. The standard InChI is InChI=1S/C18H19NO2/c1-3-13-21-17-11-9-16(10-12-17)18(20)19-14(2)15-7-5-4-6-8-15/h4-12H,2-3,13H2,1H3,(H,19,20). The Hall–Kier alpha value is -2.55. The highest BCUT2D eigenvalue weighted by atomic mass is 16.5. The van der Waals surface area contributed by atoms with Crippen molar-refractivity contribution in [2.75, 3.05) is 6.61 Å². The average molecular weight is 281 g/mol. The van der Waals surface area contributed by atoms with Gasteiger partial charge in [0.1, 0.15) is 5.75 Å². The molecule has 0 aliphatic carbocycles. The third-order valence-corrected chi connectivity index (χ3v) is 2.98. The maximum atomic E-state index is 12.1. The molecule has 0 aliphatic heterocycles. The van der Waals surface area contributed by atoms with E-state index in [9.17, 15) is 4.79 Å². The Balaban J connectivity index is 1.98. The topological polar surface area (TPSA) is 38.3 Å². The third-order valence-electron chi connectivity index (χ3n) is 2.98. The predicted octanol–water partition coefficient (Wildman–Crippen LogP) is 3.88. The van der Waals surface area contributed by atoms with E-state index in [2.05, 4.69) is 18.8 Å². The Kier molecular flexibility index (Phi) is 5.16. The summed E-state index contributed by atoms with van der Waals surface area (Å²) in [4.78, 5) is 12.1. The number of rotatable bonds is 6. The van der Waals surface area contributed by atoms with E-state index in [0.29, 0.717) is 17.9 Å². The number of carbonyl (C=O) groups excluding carboxylic acids is 1. The van der Waals surface area contributed by atoms with Crippen molar-refractivity contribution >= 4 is 11.6 Å². The van der Waals surface area contributed by atoms with Crippen molar-refractivity contribution < 1.29 is 9.53 Å². The zero-order valence-electron chi connectivity index (χ0n) is 12.1. The van der Waals surface area contributed by atoms with Gasteiger partial charge in [-0.05, 0) is 36.2 Å². The summed E-state index contributed by atoms with van der Waals surface area (Å²) in [6.07, 6.45) is 0.957. The van der Waals surface area contributed by atoms with Gasteiger partial charge < -0.3 is 10.1 Å². The van der Waals surface area contributed by atoms with E-state index in [-0.39, 0.29) is 5.91 Å². The molecule has 0 bridgehead atoms. The second-order valence-corrected chi connectivity index (χ2v) is 4.67. The zero-order valence-corrected chi connectivity index (χ0v) is 12.1. The Morgan fingerprint density at radius 2 is 1.71 bits per heavy atom. The molecule has 2 aromatic carbocycles. The molecule has 0 atom stereocenters. The third kappa shape index (κ3) is 4.21. The van der Waals surface area contributed by atoms with Crippen LogP contribution in [0.15, 0.2) is 61.2 Å². The molecule has 0 heterocycles. The number of carbonyl (C=O) groups is 1. The molecule has 3 nitrogen and oxygen atoms in total. The zero-order chi connectivity index (χ0) is 15.1. The summed E-state index contributed by atoms with van der Waals surface area (Å²) in [6, 6.07) is 16.7. The normalized spacial score (nSPS) is 9.95. The Labute approximate surface area is 125 Å². The molecule has 0 fully saturated rings. The minimum absolute atomic E-state index is 0.175. The van der Waals surface area contributed by atoms with E-state index in [1.54, 1.807) is 24.3 Å². The summed E-state index contributed by atoms with van der Waals surface area (Å²) in [7, 11) is 0. The van der Waals surface area contributed by atoms with Crippen LogP contribution in [0.2, 0.25) is 0 Å². The van der Waals surface area contributed by atoms with Crippen LogP contribution in [-0.4, -0.2) is 12.5 Å². The maximum absolute atomic E-state index is 12.1. The van der Waals surface area contributed by atoms with Crippen molar-refractivity contribution in [3.63, 3.8) is 0 Å². The lowest BCUT2D eigenvalue weighted by molar-refractivity contribution is 0.0974. The Morgan fingerprint density at radius 3 is 2.33 bits per heavy atom. The number of hydrogen-bond donors (Lipinski definition) is 1. The molecule has 21 heavy (non-hydrogen) atoms. The lowest BCUT2D eigenvalue weighted by Gasteiger charge is -2.09. The van der Waals surface area contributed by atoms with Gasteiger partial charge in [-0.1, -0.05) is 43.8 Å². The molecule has 108 valence electrons. The number of amides is 1. The molecule has 0 saturated carbocycles. The van der Waals surface area contributed by atoms with Gasteiger partial charge in [0.15, 0.2) is 0 Å². The van der Waals surface area contributed by atoms with Crippen molar-refractivity contribution in [2.24, 2.45) is 0 Å². The highest BCUT2D eigenvalue weighted by Crippen LogP contribution is 2.14. The molecule has 0 unspecified atom stereocenters. The SMILES string of the molecule is C=C(NC(=O)c1ccc(OCCC)cc1)c1ccccc1. The lowest BCUT2D eigenvalue weighted by atomic mass is 10.1. The molecular formula is C18H19NO2. The molecule has 0 saturated heterocycles. The summed E-state index contributed by atoms with van der Waals surface area (Å²) < 4.78 is 5.49. The Morgan fingerprint density at radius 1 is 1.05 bits per heavy atom. The van der Waals surface area contributed by atoms with Crippen molar-refractivity contribution in [3.8, 4) is 5.75 Å². The molecule has 0 spiro atoms. The maximum Gasteiger partial charge on any atom is 0.255 e. The molecule has 0 radical (unpaired) electrons. The van der Waals surface area contributed by atoms with E-state index in [1.165, 1.54) is 0 Å². The van der Waals surface area contributed by atoms with Crippen LogP contribution in [0.1, 0.15) is 29.3 Å². The van der Waals surface area contributed by atoms with Crippen LogP contribution in [-0.2, 0) is 0 Å². The van der Waals surface area contributed by atoms with E-state index >= 15 is 0 Å². The highest BCUT2D eigenvalue weighted by Gasteiger charge is 2.07. The highest BCUT2D eigenvalue weighted by molar-refractivity contribution is 5.99. The van der Waals surface area contributed by atoms with Crippen LogP contribution in [0.4, 0.5) is 0 Å². The van der Waals surface area contributed by atoms with Crippen molar-refractivity contribution in [1.82, 2.24) is 5.32 Å². The number of ether oxygens (including phenoxy) is 1. The molecule has 0 aromatic heterocycles. The van der Waals surface area contributed by atoms with Gasteiger partial charge in [-0.25, -0.2) is 0 Å². The molecule has 3 heteroatoms. The van der Waals surface area contributed by atoms with E-state index in [4.69, 9.17) is 4.74 Å². The quantitative estimate of drug-likeness (QED) is 0.872. The molecular weight excluding hydrogens is 262 g/mol. The summed E-state index contributed by atoms with van der Waals surface area (Å²) in [5.41, 5.74) is 2.07. The molecule has 0 aliphatic rings. The van der Waals surface area contributed by atoms with Crippen LogP contribution in [0.3, 0.4) is 0 Å². The first-order valence-corrected chi connectivity index (χ1v) is 6.99. The van der Waals surface area contributed by atoms with Crippen LogP contribution in [0.5, 0.6) is 5.75 Å². The minimum atomic E-state index is -0.175. The molecule has 1 N–H and O–H groups in total. The Bertz CT molecular complexity index is 603. The van der Waals surface area contributed by atoms with Gasteiger partial charge in [0, 0.05) is 11.3 Å². The summed E-state index contributed by atoms with van der Waals surface area (Å²) in [6.45, 7) is 6.62. The van der Waals surface area contributed by atoms with Gasteiger partial charge in [0.2, 0.25) is 0 Å². The van der Waals surface area contributed by atoms with E-state index in [0.717, 1.165) is 17.7 Å². The molecule has 2 rings (SSSR count). The summed E-state index contributed by atoms with van der Waals surface area (Å²) in [5, 5.41) is 2.80. The van der Waals surface area contributed by atoms with Crippen LogP contribution >= 0.6 is 0 Å². The summed E-state index contributed by atoms with van der Waals surface area (Å²) in [5.74, 6) is 0.598. The van der Waals surface area contributed by atoms with Crippen LogP contribution in [0.25, 0.3) is 5.70 Å². The second-order valence-electron chi connectivity index (χ2n) is 4.67. The van der Waals surface area contributed by atoms with Crippen molar-refractivity contribution in [2.45, 2.75) is 13.3 Å². The van der Waals surface area contributed by atoms with Crippen molar-refractivity contribution in [1.29, 1.82) is 0 Å². The fourth-order valence-corrected chi connectivity index (χ4v) is 1.84. The first-order valence-electron chi connectivity index (χ1n) is 6.99. The van der Waals surface area contributed by atoms with Gasteiger partial charge in [-0.2, -0.15) is 0 Å². The lowest BCUT2D eigenvalue weighted by Crippen LogP contribution is -2.21. The van der Waals surface area contributed by atoms with E-state index in [1.807, 2.05) is 30.3 Å². The van der Waals surface area contributed by atoms with Gasteiger partial charge in [0.25, 0.3) is 5.91 Å². The molecule has 1 amide bonds. The molecule has 2 aromatic rings. The van der Waals surface area contributed by atoms with Gasteiger partial charge in [-0.15, -0.1) is 0 Å². The van der Waals surface area contributed by atoms with Crippen molar-refractivity contribution in [3.05, 3.63) is 72.3 Å². The minimum Gasteiger partial charge on any atom is -0.494 e. The first-order chi connectivity index (χ1) is 10.2. The second kappa shape index (κ2) is 7.29.